The molecule has 350 valence electrons. The van der Waals surface area contributed by atoms with Crippen LogP contribution in [0.25, 0.3) is 0 Å². The highest BCUT2D eigenvalue weighted by atomic mass is 16.6. The summed E-state index contributed by atoms with van der Waals surface area (Å²) >= 11 is 0. The summed E-state index contributed by atoms with van der Waals surface area (Å²) in [7, 11) is 0. The van der Waals surface area contributed by atoms with Gasteiger partial charge in [-0.05, 0) is 25.2 Å². The van der Waals surface area contributed by atoms with E-state index in [2.05, 4.69) is 27.7 Å². The highest BCUT2D eigenvalue weighted by Crippen LogP contribution is 2.18. The molecule has 0 aromatic heterocycles. The predicted molar refractivity (Wildman–Crippen MR) is 252 cm³/mol. The molecule has 0 fully saturated rings. The summed E-state index contributed by atoms with van der Waals surface area (Å²) in [6.07, 6.45) is 49.5. The zero-order valence-electron chi connectivity index (χ0n) is 40.2. The molecule has 0 aliphatic rings. The second kappa shape index (κ2) is 47.5. The molecule has 0 amide bonds. The summed E-state index contributed by atoms with van der Waals surface area (Å²) in [5.74, 6) is -0.0331. The molecule has 0 heterocycles. The lowest BCUT2D eigenvalue weighted by Gasteiger charge is -2.18. The highest BCUT2D eigenvalue weighted by Gasteiger charge is 2.19. The fraction of sp³-hybridized carbons (Fsp3) is 0.943. The largest absolute Gasteiger partial charge is 0.462 e. The lowest BCUT2D eigenvalue weighted by Crippen LogP contribution is -2.30. The van der Waals surface area contributed by atoms with Crippen LogP contribution in [0.5, 0.6) is 0 Å². The van der Waals surface area contributed by atoms with Crippen molar-refractivity contribution in [1.29, 1.82) is 0 Å². The van der Waals surface area contributed by atoms with E-state index in [4.69, 9.17) is 14.2 Å². The van der Waals surface area contributed by atoms with Gasteiger partial charge in [0.15, 0.2) is 6.10 Å². The van der Waals surface area contributed by atoms with Gasteiger partial charge in [-0.2, -0.15) is 0 Å². The van der Waals surface area contributed by atoms with Gasteiger partial charge in [0.1, 0.15) is 13.2 Å². The van der Waals surface area contributed by atoms with Crippen LogP contribution < -0.4 is 0 Å². The van der Waals surface area contributed by atoms with Crippen LogP contribution in [0.2, 0.25) is 0 Å². The number of carbonyl (C=O) groups is 3. The van der Waals surface area contributed by atoms with Crippen LogP contribution in [-0.4, -0.2) is 37.2 Å². The standard InChI is InChI=1S/C53H102O6/c1-5-8-10-12-14-16-18-20-21-22-23-24-25-26-28-30-32-38-42-46-53(56)59-50(48-58-52(55)45-41-37-34-33-35-39-43-49(4)7-3)47-57-51(54)44-40-36-31-29-27-19-17-15-13-11-9-6-2/h49-50H,5-48H2,1-4H3/t49?,50-/m0/s1. The quantitative estimate of drug-likeness (QED) is 0.0345. The van der Waals surface area contributed by atoms with E-state index in [-0.39, 0.29) is 31.1 Å². The molecule has 1 unspecified atom stereocenters. The lowest BCUT2D eigenvalue weighted by atomic mass is 10.00. The molecule has 0 aromatic rings. The molecule has 0 radical (unpaired) electrons. The minimum atomic E-state index is -0.761. The zero-order valence-corrected chi connectivity index (χ0v) is 40.2. The Hall–Kier alpha value is -1.59. The van der Waals surface area contributed by atoms with Gasteiger partial charge in [-0.3, -0.25) is 14.4 Å². The van der Waals surface area contributed by atoms with Crippen molar-refractivity contribution in [3.8, 4) is 0 Å². The lowest BCUT2D eigenvalue weighted by molar-refractivity contribution is -0.167. The third kappa shape index (κ3) is 45.8. The molecule has 2 atom stereocenters. The first kappa shape index (κ1) is 57.4. The highest BCUT2D eigenvalue weighted by molar-refractivity contribution is 5.71. The van der Waals surface area contributed by atoms with Crippen molar-refractivity contribution in [3.05, 3.63) is 0 Å². The minimum Gasteiger partial charge on any atom is -0.462 e. The van der Waals surface area contributed by atoms with Gasteiger partial charge in [0.2, 0.25) is 0 Å². The first-order chi connectivity index (χ1) is 28.9. The Morgan fingerprint density at radius 3 is 0.881 bits per heavy atom. The van der Waals surface area contributed by atoms with Crippen LogP contribution in [0.1, 0.15) is 297 Å². The molecule has 0 saturated heterocycles. The maximum Gasteiger partial charge on any atom is 0.306 e. The maximum absolute atomic E-state index is 12.8. The average Bonchev–Trinajstić information content (AvgIpc) is 3.23. The summed E-state index contributed by atoms with van der Waals surface area (Å²) in [5, 5.41) is 0. The Morgan fingerprint density at radius 2 is 0.593 bits per heavy atom. The van der Waals surface area contributed by atoms with Crippen molar-refractivity contribution >= 4 is 17.9 Å². The van der Waals surface area contributed by atoms with E-state index >= 15 is 0 Å². The molecule has 0 saturated carbocycles. The van der Waals surface area contributed by atoms with E-state index < -0.39 is 6.10 Å². The van der Waals surface area contributed by atoms with E-state index in [0.29, 0.717) is 19.3 Å². The first-order valence-electron chi connectivity index (χ1n) is 26.4. The zero-order chi connectivity index (χ0) is 43.1. The van der Waals surface area contributed by atoms with Gasteiger partial charge in [-0.25, -0.2) is 0 Å². The molecule has 6 nitrogen and oxygen atoms in total. The molecule has 0 aromatic carbocycles. The second-order valence-electron chi connectivity index (χ2n) is 18.4. The topological polar surface area (TPSA) is 78.9 Å². The Bertz CT molecular complexity index is 889. The summed E-state index contributed by atoms with van der Waals surface area (Å²) in [4.78, 5) is 37.9. The van der Waals surface area contributed by atoms with Gasteiger partial charge < -0.3 is 14.2 Å². The number of hydrogen-bond acceptors (Lipinski definition) is 6. The number of esters is 3. The van der Waals surface area contributed by atoms with Crippen molar-refractivity contribution in [1.82, 2.24) is 0 Å². The van der Waals surface area contributed by atoms with Gasteiger partial charge >= 0.3 is 17.9 Å². The van der Waals surface area contributed by atoms with Crippen molar-refractivity contribution < 1.29 is 28.6 Å². The predicted octanol–water partition coefficient (Wildman–Crippen LogP) is 17.1. The van der Waals surface area contributed by atoms with E-state index in [1.165, 1.54) is 193 Å². The summed E-state index contributed by atoms with van der Waals surface area (Å²) < 4.78 is 16.8. The second-order valence-corrected chi connectivity index (χ2v) is 18.4. The monoisotopic (exact) mass is 835 g/mol. The Kier molecular flexibility index (Phi) is 46.2. The Morgan fingerprint density at radius 1 is 0.339 bits per heavy atom. The average molecular weight is 835 g/mol. The SMILES string of the molecule is CCCCCCCCCCCCCCCCCCCCCC(=O)O[C@@H](COC(=O)CCCCCCCCCCCCCC)COC(=O)CCCCCCCCC(C)CC. The molecule has 0 rings (SSSR count). The van der Waals surface area contributed by atoms with E-state index in [1.807, 2.05) is 0 Å². The van der Waals surface area contributed by atoms with Crippen LogP contribution in [0.15, 0.2) is 0 Å². The number of rotatable bonds is 48. The van der Waals surface area contributed by atoms with Crippen LogP contribution in [0.3, 0.4) is 0 Å². The van der Waals surface area contributed by atoms with Crippen molar-refractivity contribution in [2.75, 3.05) is 13.2 Å². The molecular weight excluding hydrogens is 733 g/mol. The molecule has 6 heteroatoms. The van der Waals surface area contributed by atoms with Gasteiger partial charge in [0.05, 0.1) is 0 Å². The third-order valence-corrected chi connectivity index (χ3v) is 12.4. The molecule has 0 spiro atoms. The third-order valence-electron chi connectivity index (χ3n) is 12.4. The Balaban J connectivity index is 4.25. The fourth-order valence-corrected chi connectivity index (χ4v) is 8.01. The van der Waals surface area contributed by atoms with Crippen LogP contribution in [0.4, 0.5) is 0 Å². The van der Waals surface area contributed by atoms with Gasteiger partial charge in [0, 0.05) is 19.3 Å². The van der Waals surface area contributed by atoms with E-state index in [0.717, 1.165) is 63.7 Å². The molecule has 59 heavy (non-hydrogen) atoms. The Labute approximate surface area is 368 Å². The number of hydrogen-bond donors (Lipinski definition) is 0. The minimum absolute atomic E-state index is 0.0635. The normalized spacial score (nSPS) is 12.4. The van der Waals surface area contributed by atoms with Gasteiger partial charge in [-0.15, -0.1) is 0 Å². The number of carbonyl (C=O) groups excluding carboxylic acids is 3. The van der Waals surface area contributed by atoms with Gasteiger partial charge in [-0.1, -0.05) is 259 Å². The van der Waals surface area contributed by atoms with E-state index in [9.17, 15) is 14.4 Å². The molecule has 0 aliphatic heterocycles. The smallest absolute Gasteiger partial charge is 0.306 e. The van der Waals surface area contributed by atoms with E-state index in [1.54, 1.807) is 0 Å². The number of unbranched alkanes of at least 4 members (excludes halogenated alkanes) is 34. The van der Waals surface area contributed by atoms with Gasteiger partial charge in [0.25, 0.3) is 0 Å². The van der Waals surface area contributed by atoms with Crippen LogP contribution >= 0.6 is 0 Å². The van der Waals surface area contributed by atoms with Crippen molar-refractivity contribution in [3.63, 3.8) is 0 Å². The molecule has 0 N–H and O–H groups in total. The summed E-state index contributed by atoms with van der Waals surface area (Å²) in [6, 6.07) is 0. The fourth-order valence-electron chi connectivity index (χ4n) is 8.01. The van der Waals surface area contributed by atoms with Crippen molar-refractivity contribution in [2.45, 2.75) is 303 Å². The molecular formula is C53H102O6. The summed E-state index contributed by atoms with van der Waals surface area (Å²) in [6.45, 7) is 9.00. The maximum atomic E-state index is 12.8. The number of ether oxygens (including phenoxy) is 3. The molecule has 0 bridgehead atoms. The van der Waals surface area contributed by atoms with Crippen LogP contribution in [-0.2, 0) is 28.6 Å². The van der Waals surface area contributed by atoms with Crippen molar-refractivity contribution in [2.24, 2.45) is 5.92 Å². The molecule has 0 aliphatic carbocycles. The summed E-state index contributed by atoms with van der Waals surface area (Å²) in [5.41, 5.74) is 0. The van der Waals surface area contributed by atoms with Crippen LogP contribution in [0, 0.1) is 5.92 Å². The first-order valence-corrected chi connectivity index (χ1v) is 26.4.